The van der Waals surface area contributed by atoms with E-state index in [4.69, 9.17) is 10.5 Å². The summed E-state index contributed by atoms with van der Waals surface area (Å²) in [6, 6.07) is 2.95. The second-order valence-electron chi connectivity index (χ2n) is 4.36. The molecule has 112 valence electrons. The zero-order valence-corrected chi connectivity index (χ0v) is 12.0. The summed E-state index contributed by atoms with van der Waals surface area (Å²) in [5.74, 6) is -1.31. The third-order valence-electron chi connectivity index (χ3n) is 2.56. The Morgan fingerprint density at radius 1 is 1.50 bits per heavy atom. The highest BCUT2D eigenvalue weighted by molar-refractivity contribution is 7.90. The second kappa shape index (κ2) is 6.67. The molecular weight excluding hydrogens is 287 g/mol. The largest absolute Gasteiger partial charge is 0.494 e. The van der Waals surface area contributed by atoms with Crippen molar-refractivity contribution in [1.82, 2.24) is 0 Å². The number of nitrogens with one attached hydrogen (secondary N) is 1. The number of amides is 1. The number of benzene rings is 1. The molecule has 1 atom stereocenters. The molecule has 1 aromatic carbocycles. The maximum Gasteiger partial charge on any atom is 0.241 e. The van der Waals surface area contributed by atoms with Crippen LogP contribution in [0, 0.1) is 5.82 Å². The Morgan fingerprint density at radius 2 is 2.15 bits per heavy atom. The molecule has 0 aromatic heterocycles. The molecule has 0 bridgehead atoms. The summed E-state index contributed by atoms with van der Waals surface area (Å²) < 4.78 is 40.1. The van der Waals surface area contributed by atoms with E-state index in [0.717, 1.165) is 12.3 Å². The molecule has 0 heterocycles. The molecule has 0 aliphatic rings. The molecular formula is C12H17FN2O4S. The molecule has 1 amide bonds. The van der Waals surface area contributed by atoms with Crippen molar-refractivity contribution in [1.29, 1.82) is 0 Å². The van der Waals surface area contributed by atoms with E-state index in [1.165, 1.54) is 19.2 Å². The minimum absolute atomic E-state index is 0.00328. The van der Waals surface area contributed by atoms with E-state index in [0.29, 0.717) is 0 Å². The highest BCUT2D eigenvalue weighted by Crippen LogP contribution is 2.20. The molecule has 0 fully saturated rings. The summed E-state index contributed by atoms with van der Waals surface area (Å²) in [6.45, 7) is 0. The van der Waals surface area contributed by atoms with Crippen LogP contribution in [0.25, 0.3) is 0 Å². The number of nitrogens with two attached hydrogens (primary N) is 1. The van der Waals surface area contributed by atoms with Gasteiger partial charge in [0.15, 0.2) is 11.6 Å². The van der Waals surface area contributed by atoms with Crippen LogP contribution in [0.15, 0.2) is 18.2 Å². The lowest BCUT2D eigenvalue weighted by Crippen LogP contribution is -2.37. The van der Waals surface area contributed by atoms with Crippen molar-refractivity contribution in [2.75, 3.05) is 24.4 Å². The molecule has 0 saturated carbocycles. The lowest BCUT2D eigenvalue weighted by atomic mass is 10.2. The van der Waals surface area contributed by atoms with Crippen molar-refractivity contribution >= 4 is 21.4 Å². The summed E-state index contributed by atoms with van der Waals surface area (Å²) in [7, 11) is -1.85. The average molecular weight is 304 g/mol. The molecule has 3 N–H and O–H groups in total. The first-order valence-electron chi connectivity index (χ1n) is 5.80. The van der Waals surface area contributed by atoms with Gasteiger partial charge in [-0.1, -0.05) is 0 Å². The predicted molar refractivity (Wildman–Crippen MR) is 73.9 cm³/mol. The number of carbonyl (C=O) groups excluding carboxylic acids is 1. The van der Waals surface area contributed by atoms with Gasteiger partial charge in [-0.15, -0.1) is 0 Å². The predicted octanol–water partition coefficient (Wildman–Crippen LogP) is 0.535. The van der Waals surface area contributed by atoms with Gasteiger partial charge in [0.05, 0.1) is 18.9 Å². The number of methoxy groups -OCH3 is 1. The van der Waals surface area contributed by atoms with Crippen LogP contribution in [-0.2, 0) is 14.6 Å². The van der Waals surface area contributed by atoms with Crippen LogP contribution in [-0.4, -0.2) is 39.5 Å². The smallest absolute Gasteiger partial charge is 0.241 e. The first-order valence-corrected chi connectivity index (χ1v) is 7.86. The number of halogens is 1. The lowest BCUT2D eigenvalue weighted by Gasteiger charge is -2.12. The Morgan fingerprint density at radius 3 is 2.65 bits per heavy atom. The van der Waals surface area contributed by atoms with Crippen molar-refractivity contribution in [3.8, 4) is 5.75 Å². The van der Waals surface area contributed by atoms with E-state index in [2.05, 4.69) is 5.32 Å². The number of hydrogen-bond donors (Lipinski definition) is 2. The summed E-state index contributed by atoms with van der Waals surface area (Å²) in [6.07, 6.45) is 1.07. The van der Waals surface area contributed by atoms with Crippen LogP contribution in [0.5, 0.6) is 5.75 Å². The Hall–Kier alpha value is -1.67. The minimum atomic E-state index is -3.18. The number of sulfone groups is 1. The highest BCUT2D eigenvalue weighted by Gasteiger charge is 2.16. The standard InChI is InChI=1S/C12H17FN2O4S/c1-19-11-4-3-8(7-9(11)13)15-12(16)10(14)5-6-20(2,17)18/h3-4,7,10H,5-6,14H2,1-2H3,(H,15,16). The average Bonchev–Trinajstić information content (AvgIpc) is 2.35. The molecule has 20 heavy (non-hydrogen) atoms. The number of rotatable bonds is 6. The van der Waals surface area contributed by atoms with E-state index < -0.39 is 27.6 Å². The maximum absolute atomic E-state index is 13.4. The highest BCUT2D eigenvalue weighted by atomic mass is 32.2. The lowest BCUT2D eigenvalue weighted by molar-refractivity contribution is -0.117. The molecule has 0 spiro atoms. The molecule has 1 rings (SSSR count). The number of ether oxygens (including phenoxy) is 1. The first-order chi connectivity index (χ1) is 9.23. The van der Waals surface area contributed by atoms with Gasteiger partial charge >= 0.3 is 0 Å². The first kappa shape index (κ1) is 16.4. The third kappa shape index (κ3) is 5.14. The Bertz CT molecular complexity index is 589. The fourth-order valence-corrected chi connectivity index (χ4v) is 2.13. The van der Waals surface area contributed by atoms with Gasteiger partial charge in [-0.2, -0.15) is 0 Å². The zero-order valence-electron chi connectivity index (χ0n) is 11.2. The quantitative estimate of drug-likeness (QED) is 0.799. The van der Waals surface area contributed by atoms with Crippen molar-refractivity contribution in [3.63, 3.8) is 0 Å². The number of anilines is 1. The molecule has 0 aliphatic heterocycles. The van der Waals surface area contributed by atoms with E-state index in [-0.39, 0.29) is 23.6 Å². The Kier molecular flexibility index (Phi) is 5.46. The summed E-state index contributed by atoms with van der Waals surface area (Å²) in [5.41, 5.74) is 5.80. The molecule has 1 unspecified atom stereocenters. The van der Waals surface area contributed by atoms with Gasteiger partial charge in [-0.3, -0.25) is 4.79 Å². The monoisotopic (exact) mass is 304 g/mol. The van der Waals surface area contributed by atoms with Crippen LogP contribution >= 0.6 is 0 Å². The summed E-state index contributed by atoms with van der Waals surface area (Å²) in [4.78, 5) is 11.7. The van der Waals surface area contributed by atoms with Crippen molar-refractivity contribution < 1.29 is 22.3 Å². The van der Waals surface area contributed by atoms with Gasteiger partial charge in [0, 0.05) is 18.0 Å². The molecule has 0 radical (unpaired) electrons. The van der Waals surface area contributed by atoms with Crippen LogP contribution in [0.2, 0.25) is 0 Å². The number of carbonyl (C=O) groups is 1. The van der Waals surface area contributed by atoms with Gasteiger partial charge in [-0.25, -0.2) is 12.8 Å². The van der Waals surface area contributed by atoms with Gasteiger partial charge in [-0.05, 0) is 18.6 Å². The SMILES string of the molecule is COc1ccc(NC(=O)C(N)CCS(C)(=O)=O)cc1F. The summed E-state index contributed by atoms with van der Waals surface area (Å²) in [5, 5.41) is 2.42. The molecule has 0 aliphatic carbocycles. The van der Waals surface area contributed by atoms with Crippen LogP contribution in [0.4, 0.5) is 10.1 Å². The van der Waals surface area contributed by atoms with Gasteiger partial charge < -0.3 is 15.8 Å². The van der Waals surface area contributed by atoms with E-state index in [1.807, 2.05) is 0 Å². The topological polar surface area (TPSA) is 98.5 Å². The fourth-order valence-electron chi connectivity index (χ4n) is 1.45. The van der Waals surface area contributed by atoms with Gasteiger partial charge in [0.2, 0.25) is 5.91 Å². The van der Waals surface area contributed by atoms with Crippen LogP contribution < -0.4 is 15.8 Å². The number of hydrogen-bond acceptors (Lipinski definition) is 5. The molecule has 6 nitrogen and oxygen atoms in total. The van der Waals surface area contributed by atoms with E-state index in [9.17, 15) is 17.6 Å². The van der Waals surface area contributed by atoms with E-state index in [1.54, 1.807) is 0 Å². The fraction of sp³-hybridized carbons (Fsp3) is 0.417. The van der Waals surface area contributed by atoms with E-state index >= 15 is 0 Å². The minimum Gasteiger partial charge on any atom is -0.494 e. The van der Waals surface area contributed by atoms with Crippen molar-refractivity contribution in [3.05, 3.63) is 24.0 Å². The van der Waals surface area contributed by atoms with Gasteiger partial charge in [0.1, 0.15) is 9.84 Å². The Labute approximate surface area is 117 Å². The van der Waals surface area contributed by atoms with Crippen LogP contribution in [0.3, 0.4) is 0 Å². The zero-order chi connectivity index (χ0) is 15.3. The third-order valence-corrected chi connectivity index (χ3v) is 3.53. The van der Waals surface area contributed by atoms with Gasteiger partial charge in [0.25, 0.3) is 0 Å². The molecule has 8 heteroatoms. The molecule has 0 saturated heterocycles. The van der Waals surface area contributed by atoms with Crippen LogP contribution in [0.1, 0.15) is 6.42 Å². The maximum atomic E-state index is 13.4. The Balaban J connectivity index is 2.64. The van der Waals surface area contributed by atoms with Crippen molar-refractivity contribution in [2.24, 2.45) is 5.73 Å². The second-order valence-corrected chi connectivity index (χ2v) is 6.62. The molecule has 1 aromatic rings. The summed E-state index contributed by atoms with van der Waals surface area (Å²) >= 11 is 0. The normalized spacial score (nSPS) is 12.8. The van der Waals surface area contributed by atoms with Crippen molar-refractivity contribution in [2.45, 2.75) is 12.5 Å².